The summed E-state index contributed by atoms with van der Waals surface area (Å²) in [5.74, 6) is 0.799. The lowest BCUT2D eigenvalue weighted by molar-refractivity contribution is -0.139. The van der Waals surface area contributed by atoms with E-state index in [2.05, 4.69) is 16.8 Å². The number of hydrogen-bond donors (Lipinski definition) is 1. The van der Waals surface area contributed by atoms with Gasteiger partial charge in [-0.25, -0.2) is 4.79 Å². The Morgan fingerprint density at radius 1 is 1.13 bits per heavy atom. The topological polar surface area (TPSA) is 95.7 Å². The van der Waals surface area contributed by atoms with Crippen LogP contribution < -0.4 is 9.47 Å². The molecule has 8 heteroatoms. The van der Waals surface area contributed by atoms with E-state index in [1.165, 1.54) is 4.80 Å². The molecule has 164 valence electrons. The fourth-order valence-corrected chi connectivity index (χ4v) is 3.13. The van der Waals surface area contributed by atoms with Crippen molar-refractivity contribution in [3.05, 3.63) is 48.0 Å². The summed E-state index contributed by atoms with van der Waals surface area (Å²) in [4.78, 5) is 12.8. The van der Waals surface area contributed by atoms with Crippen molar-refractivity contribution in [1.82, 2.24) is 15.0 Å². The van der Waals surface area contributed by atoms with Crippen molar-refractivity contribution in [2.45, 2.75) is 33.1 Å². The summed E-state index contributed by atoms with van der Waals surface area (Å²) in [6, 6.07) is 8.79. The van der Waals surface area contributed by atoms with E-state index in [-0.39, 0.29) is 24.4 Å². The molecule has 0 saturated heterocycles. The molecule has 0 spiro atoms. The van der Waals surface area contributed by atoms with Crippen molar-refractivity contribution in [2.75, 3.05) is 20.3 Å². The molecule has 0 saturated carbocycles. The summed E-state index contributed by atoms with van der Waals surface area (Å²) in [6.45, 7) is 11.4. The molecule has 31 heavy (non-hydrogen) atoms. The quantitative estimate of drug-likeness (QED) is 0.348. The third-order valence-electron chi connectivity index (χ3n) is 4.59. The molecular formula is C23H27N3O5. The lowest BCUT2D eigenvalue weighted by Gasteiger charge is -2.24. The third kappa shape index (κ3) is 4.79. The van der Waals surface area contributed by atoms with Gasteiger partial charge in [0.15, 0.2) is 5.75 Å². The van der Waals surface area contributed by atoms with Crippen LogP contribution >= 0.6 is 0 Å². The maximum absolute atomic E-state index is 11.4. The Balaban J connectivity index is 1.84. The molecule has 2 aromatic carbocycles. The van der Waals surface area contributed by atoms with Crippen molar-refractivity contribution in [3.63, 3.8) is 0 Å². The second kappa shape index (κ2) is 8.67. The van der Waals surface area contributed by atoms with Crippen molar-refractivity contribution >= 4 is 17.0 Å². The number of esters is 1. The minimum Gasteiger partial charge on any atom is -0.505 e. The average molecular weight is 425 g/mol. The summed E-state index contributed by atoms with van der Waals surface area (Å²) in [6.07, 6.45) is 0. The van der Waals surface area contributed by atoms with Crippen molar-refractivity contribution in [1.29, 1.82) is 0 Å². The van der Waals surface area contributed by atoms with Crippen LogP contribution in [0.1, 0.15) is 33.3 Å². The second-order valence-electron chi connectivity index (χ2n) is 8.17. The fourth-order valence-electron chi connectivity index (χ4n) is 3.13. The van der Waals surface area contributed by atoms with Crippen LogP contribution in [-0.4, -0.2) is 46.4 Å². The Morgan fingerprint density at radius 3 is 2.48 bits per heavy atom. The number of benzene rings is 2. The number of methoxy groups -OCH3 is 1. The zero-order chi connectivity index (χ0) is 22.8. The van der Waals surface area contributed by atoms with Gasteiger partial charge in [0.1, 0.15) is 41.4 Å². The molecule has 0 aliphatic rings. The monoisotopic (exact) mass is 425 g/mol. The zero-order valence-electron chi connectivity index (χ0n) is 18.4. The van der Waals surface area contributed by atoms with Crippen molar-refractivity contribution < 1.29 is 24.1 Å². The van der Waals surface area contributed by atoms with E-state index in [4.69, 9.17) is 14.2 Å². The van der Waals surface area contributed by atoms with Gasteiger partial charge in [0.25, 0.3) is 0 Å². The Bertz CT molecular complexity index is 1130. The molecule has 8 nitrogen and oxygen atoms in total. The first-order valence-corrected chi connectivity index (χ1v) is 9.85. The number of phenolic OH excluding ortho intramolecular Hbond substituents is 1. The van der Waals surface area contributed by atoms with Crippen LogP contribution in [0.4, 0.5) is 0 Å². The molecule has 1 N–H and O–H groups in total. The Kier molecular flexibility index (Phi) is 6.19. The van der Waals surface area contributed by atoms with Gasteiger partial charge in [0.2, 0.25) is 0 Å². The van der Waals surface area contributed by atoms with Crippen molar-refractivity contribution in [3.8, 4) is 22.9 Å². The van der Waals surface area contributed by atoms with Gasteiger partial charge in [-0.2, -0.15) is 0 Å². The van der Waals surface area contributed by atoms with Gasteiger partial charge in [-0.05, 0) is 36.6 Å². The highest BCUT2D eigenvalue weighted by molar-refractivity contribution is 5.86. The molecule has 0 unspecified atom stereocenters. The Morgan fingerprint density at radius 2 is 1.84 bits per heavy atom. The first kappa shape index (κ1) is 22.1. The zero-order valence-corrected chi connectivity index (χ0v) is 18.4. The van der Waals surface area contributed by atoms with Crippen LogP contribution in [0, 0.1) is 0 Å². The van der Waals surface area contributed by atoms with Gasteiger partial charge in [-0.3, -0.25) is 0 Å². The van der Waals surface area contributed by atoms with Gasteiger partial charge in [-0.15, -0.1) is 15.0 Å². The lowest BCUT2D eigenvalue weighted by atomic mass is 9.85. The van der Waals surface area contributed by atoms with Crippen molar-refractivity contribution in [2.24, 2.45) is 0 Å². The summed E-state index contributed by atoms with van der Waals surface area (Å²) < 4.78 is 16.1. The Hall–Kier alpha value is -3.55. The Labute approximate surface area is 181 Å². The summed E-state index contributed by atoms with van der Waals surface area (Å²) >= 11 is 0. The SMILES string of the molecule is C=C(C)C(=O)OCCOc1ccc2nn(-c3ccc(OC)c(C(C)(C)C)c3O)nc2c1. The summed E-state index contributed by atoms with van der Waals surface area (Å²) in [5, 5.41) is 19.9. The standard InChI is InChI=1S/C23H27N3O5/c1-14(2)22(28)31-12-11-30-15-7-8-16-17(13-15)25-26(24-16)18-9-10-19(29-6)20(21(18)27)23(3,4)5/h7-10,13,27H,1,11-12H2,2-6H3. The van der Waals surface area contributed by atoms with Crippen LogP contribution in [0.2, 0.25) is 0 Å². The molecule has 0 amide bonds. The molecule has 0 aliphatic carbocycles. The normalized spacial score (nSPS) is 11.4. The number of hydrogen-bond acceptors (Lipinski definition) is 7. The maximum atomic E-state index is 11.4. The third-order valence-corrected chi connectivity index (χ3v) is 4.59. The van der Waals surface area contributed by atoms with Crippen LogP contribution in [-0.2, 0) is 14.9 Å². The lowest BCUT2D eigenvalue weighted by Crippen LogP contribution is -2.14. The van der Waals surface area contributed by atoms with Gasteiger partial charge in [-0.1, -0.05) is 27.4 Å². The van der Waals surface area contributed by atoms with E-state index >= 15 is 0 Å². The molecule has 0 fully saturated rings. The van der Waals surface area contributed by atoms with Crippen LogP contribution in [0.15, 0.2) is 42.5 Å². The first-order chi connectivity index (χ1) is 14.6. The van der Waals surface area contributed by atoms with E-state index in [1.54, 1.807) is 44.4 Å². The number of aromatic hydroxyl groups is 1. The van der Waals surface area contributed by atoms with Crippen LogP contribution in [0.3, 0.4) is 0 Å². The number of ether oxygens (including phenoxy) is 3. The van der Waals surface area contributed by atoms with Gasteiger partial charge >= 0.3 is 5.97 Å². The molecule has 0 aliphatic heterocycles. The number of rotatable bonds is 7. The molecule has 1 aromatic heterocycles. The highest BCUT2D eigenvalue weighted by atomic mass is 16.6. The molecule has 0 atom stereocenters. The number of phenols is 1. The number of carbonyl (C=O) groups excluding carboxylic acids is 1. The van der Waals surface area contributed by atoms with E-state index in [0.717, 1.165) is 0 Å². The molecule has 3 aromatic rings. The highest BCUT2D eigenvalue weighted by Gasteiger charge is 2.26. The van der Waals surface area contributed by atoms with Gasteiger partial charge < -0.3 is 19.3 Å². The molecule has 3 rings (SSSR count). The predicted octanol–water partition coefficient (Wildman–Crippen LogP) is 3.93. The number of fused-ring (bicyclic) bond motifs is 1. The fraction of sp³-hybridized carbons (Fsp3) is 0.348. The predicted molar refractivity (Wildman–Crippen MR) is 117 cm³/mol. The van der Waals surface area contributed by atoms with E-state index in [9.17, 15) is 9.90 Å². The second-order valence-corrected chi connectivity index (χ2v) is 8.17. The first-order valence-electron chi connectivity index (χ1n) is 9.85. The maximum Gasteiger partial charge on any atom is 0.333 e. The summed E-state index contributed by atoms with van der Waals surface area (Å²) in [5.41, 5.74) is 2.39. The van der Waals surface area contributed by atoms with Crippen LogP contribution in [0.5, 0.6) is 17.2 Å². The number of nitrogens with zero attached hydrogens (tertiary/aromatic N) is 3. The van der Waals surface area contributed by atoms with E-state index in [1.807, 2.05) is 20.8 Å². The molecule has 1 heterocycles. The molecule has 0 radical (unpaired) electrons. The van der Waals surface area contributed by atoms with E-state index < -0.39 is 5.97 Å². The summed E-state index contributed by atoms with van der Waals surface area (Å²) in [7, 11) is 1.57. The highest BCUT2D eigenvalue weighted by Crippen LogP contribution is 2.41. The minimum absolute atomic E-state index is 0.0722. The molecular weight excluding hydrogens is 398 g/mol. The van der Waals surface area contributed by atoms with Gasteiger partial charge in [0, 0.05) is 17.2 Å². The number of aromatic nitrogens is 3. The average Bonchev–Trinajstić information content (AvgIpc) is 3.12. The minimum atomic E-state index is -0.448. The van der Waals surface area contributed by atoms with E-state index in [0.29, 0.717) is 39.4 Å². The van der Waals surface area contributed by atoms with Crippen LogP contribution in [0.25, 0.3) is 16.7 Å². The smallest absolute Gasteiger partial charge is 0.333 e. The largest absolute Gasteiger partial charge is 0.505 e. The number of carbonyl (C=O) groups is 1. The molecule has 0 bridgehead atoms. The van der Waals surface area contributed by atoms with Gasteiger partial charge in [0.05, 0.1) is 7.11 Å².